The van der Waals surface area contributed by atoms with Crippen molar-refractivity contribution in [1.82, 2.24) is 29.7 Å². The number of carbonyl (C=O) groups is 2. The molecule has 8 nitrogen and oxygen atoms in total. The highest BCUT2D eigenvalue weighted by atomic mass is 16.2. The Morgan fingerprint density at radius 3 is 2.71 bits per heavy atom. The van der Waals surface area contributed by atoms with Gasteiger partial charge in [-0.3, -0.25) is 14.5 Å². The van der Waals surface area contributed by atoms with Crippen molar-refractivity contribution in [3.8, 4) is 0 Å². The molecule has 0 radical (unpaired) electrons. The molecular weight excluding hydrogens is 356 g/mol. The molecule has 4 rings (SSSR count). The number of nitrogens with one attached hydrogen (secondary N) is 1. The second kappa shape index (κ2) is 8.26. The van der Waals surface area contributed by atoms with Gasteiger partial charge in [0.05, 0.1) is 24.5 Å². The molecule has 0 aliphatic carbocycles. The Hall–Kier alpha value is -2.48. The molecule has 4 heterocycles. The first-order valence-electron chi connectivity index (χ1n) is 10.3. The van der Waals surface area contributed by atoms with Crippen molar-refractivity contribution in [2.24, 2.45) is 0 Å². The van der Waals surface area contributed by atoms with Crippen LogP contribution in [0.5, 0.6) is 0 Å². The average Bonchev–Trinajstić information content (AvgIpc) is 3.18. The second-order valence-electron chi connectivity index (χ2n) is 7.68. The first-order valence-corrected chi connectivity index (χ1v) is 10.3. The summed E-state index contributed by atoms with van der Waals surface area (Å²) in [6.07, 6.45) is 9.88. The lowest BCUT2D eigenvalue weighted by Gasteiger charge is -2.37. The molecule has 2 aliphatic heterocycles. The standard InChI is InChI=1S/C20H28N6O2/c1-21-20(28)15-13-23-26-17(8-9-22-19(15)26)16-7-3-6-12-25(16)18(27)14-24-10-4-2-5-11-24/h8-9,13,16H,2-7,10-12,14H2,1H3,(H,21,28)/t16-/m0/s1. The van der Waals surface area contributed by atoms with Crippen LogP contribution in [0.1, 0.15) is 60.6 Å². The maximum Gasteiger partial charge on any atom is 0.256 e. The van der Waals surface area contributed by atoms with Gasteiger partial charge in [-0.15, -0.1) is 0 Å². The van der Waals surface area contributed by atoms with E-state index in [1.54, 1.807) is 24.0 Å². The van der Waals surface area contributed by atoms with E-state index in [1.807, 2.05) is 11.0 Å². The molecule has 0 bridgehead atoms. The topological polar surface area (TPSA) is 82.8 Å². The van der Waals surface area contributed by atoms with E-state index in [0.717, 1.165) is 44.6 Å². The Labute approximate surface area is 164 Å². The second-order valence-corrected chi connectivity index (χ2v) is 7.68. The fraction of sp³-hybridized carbons (Fsp3) is 0.600. The first-order chi connectivity index (χ1) is 13.7. The molecule has 0 unspecified atom stereocenters. The van der Waals surface area contributed by atoms with Gasteiger partial charge in [0.1, 0.15) is 5.56 Å². The molecule has 0 saturated carbocycles. The monoisotopic (exact) mass is 384 g/mol. The molecule has 0 spiro atoms. The Morgan fingerprint density at radius 1 is 1.14 bits per heavy atom. The molecule has 2 saturated heterocycles. The van der Waals surface area contributed by atoms with E-state index < -0.39 is 0 Å². The third-order valence-electron chi connectivity index (χ3n) is 5.87. The smallest absolute Gasteiger partial charge is 0.256 e. The van der Waals surface area contributed by atoms with Gasteiger partial charge in [-0.1, -0.05) is 6.42 Å². The van der Waals surface area contributed by atoms with Gasteiger partial charge in [0.2, 0.25) is 5.91 Å². The molecule has 1 N–H and O–H groups in total. The van der Waals surface area contributed by atoms with E-state index in [0.29, 0.717) is 17.8 Å². The summed E-state index contributed by atoms with van der Waals surface area (Å²) in [7, 11) is 1.60. The Kier molecular flexibility index (Phi) is 5.57. The summed E-state index contributed by atoms with van der Waals surface area (Å²) in [5.74, 6) is -0.0171. The van der Waals surface area contributed by atoms with Crippen LogP contribution in [-0.4, -0.2) is 69.4 Å². The van der Waals surface area contributed by atoms with Crippen LogP contribution in [0.2, 0.25) is 0 Å². The number of carbonyl (C=O) groups excluding carboxylic acids is 2. The van der Waals surface area contributed by atoms with Crippen molar-refractivity contribution in [2.75, 3.05) is 33.2 Å². The van der Waals surface area contributed by atoms with Crippen LogP contribution in [0.3, 0.4) is 0 Å². The number of amides is 2. The van der Waals surface area contributed by atoms with E-state index in [-0.39, 0.29) is 17.9 Å². The molecule has 2 amide bonds. The number of hydrogen-bond donors (Lipinski definition) is 1. The summed E-state index contributed by atoms with van der Waals surface area (Å²) in [6.45, 7) is 3.29. The molecule has 1 atom stereocenters. The molecule has 28 heavy (non-hydrogen) atoms. The minimum absolute atomic E-state index is 0.0334. The van der Waals surface area contributed by atoms with Crippen LogP contribution in [0, 0.1) is 0 Å². The van der Waals surface area contributed by atoms with Crippen LogP contribution < -0.4 is 5.32 Å². The number of likely N-dealkylation sites (tertiary alicyclic amines) is 2. The van der Waals surface area contributed by atoms with Gasteiger partial charge in [0.15, 0.2) is 5.65 Å². The first kappa shape index (κ1) is 18.9. The van der Waals surface area contributed by atoms with E-state index in [2.05, 4.69) is 20.3 Å². The van der Waals surface area contributed by atoms with E-state index >= 15 is 0 Å². The van der Waals surface area contributed by atoms with Gasteiger partial charge >= 0.3 is 0 Å². The average molecular weight is 384 g/mol. The highest BCUT2D eigenvalue weighted by Crippen LogP contribution is 2.31. The van der Waals surface area contributed by atoms with E-state index in [4.69, 9.17) is 0 Å². The van der Waals surface area contributed by atoms with Crippen LogP contribution in [0.15, 0.2) is 18.5 Å². The molecule has 2 aromatic rings. The summed E-state index contributed by atoms with van der Waals surface area (Å²) < 4.78 is 1.72. The molecule has 0 aromatic carbocycles. The van der Waals surface area contributed by atoms with Crippen molar-refractivity contribution < 1.29 is 9.59 Å². The van der Waals surface area contributed by atoms with E-state index in [9.17, 15) is 9.59 Å². The van der Waals surface area contributed by atoms with Crippen molar-refractivity contribution >= 4 is 17.5 Å². The third kappa shape index (κ3) is 3.61. The summed E-state index contributed by atoms with van der Waals surface area (Å²) >= 11 is 0. The number of aromatic nitrogens is 3. The number of fused-ring (bicyclic) bond motifs is 1. The van der Waals surface area contributed by atoms with Crippen molar-refractivity contribution in [3.63, 3.8) is 0 Å². The van der Waals surface area contributed by atoms with Gasteiger partial charge in [0, 0.05) is 19.8 Å². The summed E-state index contributed by atoms with van der Waals surface area (Å²) in [5, 5.41) is 7.05. The van der Waals surface area contributed by atoms with Crippen molar-refractivity contribution in [1.29, 1.82) is 0 Å². The van der Waals surface area contributed by atoms with Gasteiger partial charge in [-0.2, -0.15) is 5.10 Å². The Bertz CT molecular complexity index is 857. The van der Waals surface area contributed by atoms with Gasteiger partial charge in [0.25, 0.3) is 5.91 Å². The minimum Gasteiger partial charge on any atom is -0.355 e. The maximum atomic E-state index is 13.1. The van der Waals surface area contributed by atoms with E-state index in [1.165, 1.54) is 19.3 Å². The lowest BCUT2D eigenvalue weighted by Crippen LogP contribution is -2.45. The molecule has 150 valence electrons. The Balaban J connectivity index is 1.61. The van der Waals surface area contributed by atoms with Crippen molar-refractivity contribution in [2.45, 2.75) is 44.6 Å². The Morgan fingerprint density at radius 2 is 1.93 bits per heavy atom. The van der Waals surface area contributed by atoms with Crippen LogP contribution >= 0.6 is 0 Å². The summed E-state index contributed by atoms with van der Waals surface area (Å²) in [6, 6.07) is 1.89. The van der Waals surface area contributed by atoms with Crippen molar-refractivity contribution in [3.05, 3.63) is 29.7 Å². The number of piperidine rings is 2. The fourth-order valence-corrected chi connectivity index (χ4v) is 4.39. The zero-order valence-electron chi connectivity index (χ0n) is 16.4. The number of hydrogen-bond acceptors (Lipinski definition) is 5. The molecule has 2 aliphatic rings. The zero-order chi connectivity index (χ0) is 19.5. The summed E-state index contributed by atoms with van der Waals surface area (Å²) in [4.78, 5) is 33.9. The highest BCUT2D eigenvalue weighted by Gasteiger charge is 2.31. The predicted octanol–water partition coefficient (Wildman–Crippen LogP) is 1.63. The highest BCUT2D eigenvalue weighted by molar-refractivity contribution is 5.99. The predicted molar refractivity (Wildman–Crippen MR) is 105 cm³/mol. The quantitative estimate of drug-likeness (QED) is 0.866. The molecule has 2 aromatic heterocycles. The molecule has 2 fully saturated rings. The minimum atomic E-state index is -0.207. The maximum absolute atomic E-state index is 13.1. The third-order valence-corrected chi connectivity index (χ3v) is 5.87. The summed E-state index contributed by atoms with van der Waals surface area (Å²) in [5.41, 5.74) is 1.91. The molecule has 8 heteroatoms. The molecular formula is C20H28N6O2. The van der Waals surface area contributed by atoms with Gasteiger partial charge in [-0.25, -0.2) is 9.50 Å². The fourth-order valence-electron chi connectivity index (χ4n) is 4.39. The largest absolute Gasteiger partial charge is 0.355 e. The lowest BCUT2D eigenvalue weighted by molar-refractivity contribution is -0.136. The van der Waals surface area contributed by atoms with Crippen LogP contribution in [0.25, 0.3) is 5.65 Å². The normalized spacial score (nSPS) is 21.0. The van der Waals surface area contributed by atoms with Crippen LogP contribution in [-0.2, 0) is 4.79 Å². The van der Waals surface area contributed by atoms with Gasteiger partial charge in [-0.05, 0) is 51.3 Å². The lowest BCUT2D eigenvalue weighted by atomic mass is 9.98. The zero-order valence-corrected chi connectivity index (χ0v) is 16.4. The SMILES string of the molecule is CNC(=O)c1cnn2c([C@@H]3CCCCN3C(=O)CN3CCCCC3)ccnc12. The van der Waals surface area contributed by atoms with Crippen LogP contribution in [0.4, 0.5) is 0 Å². The number of rotatable bonds is 4. The number of nitrogens with zero attached hydrogens (tertiary/aromatic N) is 5. The van der Waals surface area contributed by atoms with Gasteiger partial charge < -0.3 is 10.2 Å².